The van der Waals surface area contributed by atoms with Crippen LogP contribution in [0, 0.1) is 0 Å². The highest BCUT2D eigenvalue weighted by atomic mass is 19.4. The number of benzene rings is 2. The Morgan fingerprint density at radius 1 is 1.03 bits per heavy atom. The van der Waals surface area contributed by atoms with Gasteiger partial charge in [0.25, 0.3) is 0 Å². The molecular weight excluding hydrogens is 405 g/mol. The number of carbonyl (C=O) groups excluding carboxylic acids is 2. The van der Waals surface area contributed by atoms with Crippen molar-refractivity contribution < 1.29 is 22.8 Å². The fraction of sp³-hybridized carbons (Fsp3) is 0.417. The molecular formula is C24H25F3N2O2. The second kappa shape index (κ2) is 8.36. The van der Waals surface area contributed by atoms with E-state index in [1.807, 2.05) is 23.1 Å². The van der Waals surface area contributed by atoms with Gasteiger partial charge in [0.15, 0.2) is 0 Å². The summed E-state index contributed by atoms with van der Waals surface area (Å²) >= 11 is 0. The number of hydrogen-bond donors (Lipinski definition) is 1. The molecule has 2 aliphatic rings. The number of carbonyl (C=O) groups is 2. The van der Waals surface area contributed by atoms with Gasteiger partial charge in [-0.2, -0.15) is 13.2 Å². The zero-order valence-corrected chi connectivity index (χ0v) is 17.2. The van der Waals surface area contributed by atoms with Gasteiger partial charge >= 0.3 is 6.18 Å². The summed E-state index contributed by atoms with van der Waals surface area (Å²) in [5, 5.41) is 2.83. The zero-order valence-electron chi connectivity index (χ0n) is 17.2. The molecule has 1 fully saturated rings. The Morgan fingerprint density at radius 3 is 2.48 bits per heavy atom. The average molecular weight is 430 g/mol. The second-order valence-corrected chi connectivity index (χ2v) is 8.35. The summed E-state index contributed by atoms with van der Waals surface area (Å²) in [5.74, 6) is -0.200. The van der Waals surface area contributed by atoms with E-state index < -0.39 is 17.2 Å². The van der Waals surface area contributed by atoms with Crippen LogP contribution in [0.1, 0.15) is 47.9 Å². The lowest BCUT2D eigenvalue weighted by Crippen LogP contribution is -2.37. The minimum Gasteiger partial charge on any atom is -0.355 e. The first kappa shape index (κ1) is 21.4. The third-order valence-corrected chi connectivity index (χ3v) is 6.26. The molecule has 4 rings (SSSR count). The van der Waals surface area contributed by atoms with Gasteiger partial charge in [-0.15, -0.1) is 0 Å². The maximum Gasteiger partial charge on any atom is 0.416 e. The molecule has 2 amide bonds. The van der Waals surface area contributed by atoms with Crippen molar-refractivity contribution in [3.05, 3.63) is 70.8 Å². The summed E-state index contributed by atoms with van der Waals surface area (Å²) in [4.78, 5) is 27.0. The molecule has 0 saturated heterocycles. The maximum absolute atomic E-state index is 13.0. The van der Waals surface area contributed by atoms with E-state index in [-0.39, 0.29) is 11.8 Å². The molecule has 7 heteroatoms. The van der Waals surface area contributed by atoms with E-state index in [4.69, 9.17) is 0 Å². The van der Waals surface area contributed by atoms with Crippen molar-refractivity contribution in [3.8, 4) is 0 Å². The van der Waals surface area contributed by atoms with Crippen LogP contribution >= 0.6 is 0 Å². The van der Waals surface area contributed by atoms with E-state index in [1.165, 1.54) is 17.2 Å². The molecule has 0 atom stereocenters. The molecule has 0 unspecified atom stereocenters. The van der Waals surface area contributed by atoms with Crippen molar-refractivity contribution >= 4 is 11.8 Å². The normalized spacial score (nSPS) is 17.1. The quantitative estimate of drug-likeness (QED) is 0.698. The Morgan fingerprint density at radius 2 is 1.77 bits per heavy atom. The Kier molecular flexibility index (Phi) is 5.77. The van der Waals surface area contributed by atoms with Crippen LogP contribution in [0.25, 0.3) is 0 Å². The number of nitrogens with zero attached hydrogens (tertiary/aromatic N) is 1. The number of fused-ring (bicyclic) bond motifs is 1. The monoisotopic (exact) mass is 430 g/mol. The Bertz CT molecular complexity index is 983. The van der Waals surface area contributed by atoms with Crippen molar-refractivity contribution in [2.24, 2.45) is 0 Å². The van der Waals surface area contributed by atoms with Gasteiger partial charge in [0.05, 0.1) is 11.0 Å². The summed E-state index contributed by atoms with van der Waals surface area (Å²) in [6.07, 6.45) is -1.69. The smallest absolute Gasteiger partial charge is 0.355 e. The van der Waals surface area contributed by atoms with Crippen molar-refractivity contribution in [2.75, 3.05) is 13.1 Å². The lowest BCUT2D eigenvalue weighted by atomic mass is 9.93. The molecule has 1 saturated carbocycles. The molecule has 2 aromatic carbocycles. The van der Waals surface area contributed by atoms with Crippen molar-refractivity contribution in [2.45, 2.75) is 50.2 Å². The third-order valence-electron chi connectivity index (χ3n) is 6.26. The molecule has 2 aromatic rings. The molecule has 0 spiro atoms. The number of hydrogen-bond acceptors (Lipinski definition) is 2. The van der Waals surface area contributed by atoms with Crippen LogP contribution in [0.3, 0.4) is 0 Å². The number of nitrogens with one attached hydrogen (secondary N) is 1. The number of amides is 2. The topological polar surface area (TPSA) is 49.4 Å². The molecule has 1 heterocycles. The fourth-order valence-electron chi connectivity index (χ4n) is 4.24. The Labute approximate surface area is 179 Å². The predicted molar refractivity (Wildman–Crippen MR) is 110 cm³/mol. The first-order valence-corrected chi connectivity index (χ1v) is 10.6. The van der Waals surface area contributed by atoms with Crippen LogP contribution in [0.15, 0.2) is 48.5 Å². The highest BCUT2D eigenvalue weighted by Crippen LogP contribution is 2.49. The van der Waals surface area contributed by atoms with E-state index in [2.05, 4.69) is 11.4 Å². The van der Waals surface area contributed by atoms with Gasteiger partial charge in [-0.3, -0.25) is 9.59 Å². The summed E-state index contributed by atoms with van der Waals surface area (Å²) in [5.41, 5.74) is 1.25. The lowest BCUT2D eigenvalue weighted by molar-refractivity contribution is -0.137. The zero-order chi connectivity index (χ0) is 22.1. The third kappa shape index (κ3) is 4.60. The van der Waals surface area contributed by atoms with Gasteiger partial charge < -0.3 is 10.2 Å². The Hall–Kier alpha value is -2.83. The standard InChI is InChI=1S/C24H25F3N2O2/c25-24(26,27)20-8-3-7-19(15-20)23(11-12-23)22(31)28-13-4-9-21(30)29-14-10-17-5-1-2-6-18(17)16-29/h1-3,5-8,15H,4,9-14,16H2,(H,28,31). The van der Waals surface area contributed by atoms with Gasteiger partial charge in [0.2, 0.25) is 11.8 Å². The van der Waals surface area contributed by atoms with Crippen LogP contribution < -0.4 is 5.32 Å². The lowest BCUT2D eigenvalue weighted by Gasteiger charge is -2.29. The van der Waals surface area contributed by atoms with Crippen LogP contribution in [0.2, 0.25) is 0 Å². The first-order valence-electron chi connectivity index (χ1n) is 10.6. The molecule has 0 bridgehead atoms. The first-order chi connectivity index (χ1) is 14.8. The minimum absolute atomic E-state index is 0.0581. The fourth-order valence-corrected chi connectivity index (χ4v) is 4.24. The molecule has 0 radical (unpaired) electrons. The van der Waals surface area contributed by atoms with Gasteiger partial charge in [-0.1, -0.05) is 42.5 Å². The highest BCUT2D eigenvalue weighted by molar-refractivity contribution is 5.91. The van der Waals surface area contributed by atoms with Crippen LogP contribution in [-0.4, -0.2) is 29.8 Å². The minimum atomic E-state index is -4.43. The molecule has 1 aliphatic carbocycles. The molecule has 1 aliphatic heterocycles. The number of alkyl halides is 3. The van der Waals surface area contributed by atoms with Crippen molar-refractivity contribution in [3.63, 3.8) is 0 Å². The maximum atomic E-state index is 13.0. The number of halogens is 3. The molecule has 0 aromatic heterocycles. The Balaban J connectivity index is 1.27. The highest BCUT2D eigenvalue weighted by Gasteiger charge is 2.51. The predicted octanol–water partition coefficient (Wildman–Crippen LogP) is 4.22. The van der Waals surface area contributed by atoms with Crippen molar-refractivity contribution in [1.29, 1.82) is 0 Å². The van der Waals surface area contributed by atoms with Crippen LogP contribution in [0.4, 0.5) is 13.2 Å². The second-order valence-electron chi connectivity index (χ2n) is 8.35. The summed E-state index contributed by atoms with van der Waals surface area (Å²) in [7, 11) is 0. The largest absolute Gasteiger partial charge is 0.416 e. The van der Waals surface area contributed by atoms with Gasteiger partial charge in [0.1, 0.15) is 0 Å². The van der Waals surface area contributed by atoms with Gasteiger partial charge in [0, 0.05) is 26.1 Å². The summed E-state index contributed by atoms with van der Waals surface area (Å²) in [6.45, 7) is 1.64. The molecule has 4 nitrogen and oxygen atoms in total. The van der Waals surface area contributed by atoms with Crippen molar-refractivity contribution in [1.82, 2.24) is 10.2 Å². The van der Waals surface area contributed by atoms with E-state index in [1.54, 1.807) is 6.07 Å². The van der Waals surface area contributed by atoms with E-state index in [9.17, 15) is 22.8 Å². The van der Waals surface area contributed by atoms with Gasteiger partial charge in [-0.05, 0) is 48.4 Å². The van der Waals surface area contributed by atoms with E-state index in [0.717, 1.165) is 18.6 Å². The van der Waals surface area contributed by atoms with Gasteiger partial charge in [-0.25, -0.2) is 0 Å². The molecule has 1 N–H and O–H groups in total. The van der Waals surface area contributed by atoms with Crippen LogP contribution in [-0.2, 0) is 34.1 Å². The molecule has 164 valence electrons. The van der Waals surface area contributed by atoms with E-state index in [0.29, 0.717) is 50.9 Å². The molecule has 31 heavy (non-hydrogen) atoms. The SMILES string of the molecule is O=C(CCCNC(=O)C1(c2cccc(C(F)(F)F)c2)CC1)N1CCc2ccccc2C1. The average Bonchev–Trinajstić information content (AvgIpc) is 3.58. The van der Waals surface area contributed by atoms with E-state index >= 15 is 0 Å². The van der Waals surface area contributed by atoms with Crippen LogP contribution in [0.5, 0.6) is 0 Å². The summed E-state index contributed by atoms with van der Waals surface area (Å²) in [6, 6.07) is 13.1. The summed E-state index contributed by atoms with van der Waals surface area (Å²) < 4.78 is 39.0. The number of rotatable bonds is 6.